The van der Waals surface area contributed by atoms with Crippen molar-refractivity contribution < 1.29 is 45.8 Å². The molecule has 1 unspecified atom stereocenters. The molecule has 1 aromatic heterocycles. The molecule has 49 heavy (non-hydrogen) atoms. The van der Waals surface area contributed by atoms with Crippen LogP contribution in [0.4, 0.5) is 32.0 Å². The standard InChI is InChI=1S/C32H38F3N5O2.C2HF3O2/c1-21(2)28-30(42)38(18-22-7-9-23(10-8-22)31(3,4)5)19-27-39(15-6-14-37-16-13-36-20-37)26-12-11-24(32(33,34)35)17-25(26)29(41)40(27)28;3-2(4,5)1(6)7/h7-13,16-17,20-21,27-28H,6,14-15,18-19H2,1-5H3;(H,6,7)/t27?,28-;/m0./s1. The van der Waals surface area contributed by atoms with E-state index in [0.717, 1.165) is 17.7 Å². The van der Waals surface area contributed by atoms with Crippen molar-refractivity contribution in [3.63, 3.8) is 0 Å². The van der Waals surface area contributed by atoms with Gasteiger partial charge in [0, 0.05) is 32.0 Å². The van der Waals surface area contributed by atoms with Crippen LogP contribution in [-0.2, 0) is 34.3 Å². The Bertz CT molecular complexity index is 1630. The molecule has 2 aliphatic rings. The molecule has 3 aromatic rings. The maximum Gasteiger partial charge on any atom is 0.490 e. The van der Waals surface area contributed by atoms with Crippen LogP contribution in [0.15, 0.2) is 61.2 Å². The van der Waals surface area contributed by atoms with Gasteiger partial charge in [0.05, 0.1) is 29.7 Å². The lowest BCUT2D eigenvalue weighted by molar-refractivity contribution is -0.192. The molecule has 0 saturated carbocycles. The monoisotopic (exact) mass is 695 g/mol. The van der Waals surface area contributed by atoms with E-state index in [4.69, 9.17) is 9.90 Å². The second kappa shape index (κ2) is 14.1. The zero-order valence-electron chi connectivity index (χ0n) is 27.7. The normalized spacial score (nSPS) is 18.2. The number of aromatic nitrogens is 2. The highest BCUT2D eigenvalue weighted by Gasteiger charge is 2.50. The van der Waals surface area contributed by atoms with Crippen LogP contribution in [0.2, 0.25) is 0 Å². The number of rotatable bonds is 7. The van der Waals surface area contributed by atoms with E-state index < -0.39 is 42.0 Å². The number of fused-ring (bicyclic) bond motifs is 2. The fourth-order valence-corrected chi connectivity index (χ4v) is 6.00. The van der Waals surface area contributed by atoms with Gasteiger partial charge in [0.15, 0.2) is 0 Å². The second-order valence-corrected chi connectivity index (χ2v) is 13.4. The number of carbonyl (C=O) groups excluding carboxylic acids is 2. The molecule has 0 aliphatic carbocycles. The highest BCUT2D eigenvalue weighted by atomic mass is 19.4. The first-order chi connectivity index (χ1) is 22.7. The third-order valence-electron chi connectivity index (χ3n) is 8.47. The first-order valence-electron chi connectivity index (χ1n) is 15.6. The number of anilines is 1. The summed E-state index contributed by atoms with van der Waals surface area (Å²) in [6.45, 7) is 12.0. The highest BCUT2D eigenvalue weighted by Crippen LogP contribution is 2.40. The maximum absolute atomic E-state index is 13.9. The predicted octanol–water partition coefficient (Wildman–Crippen LogP) is 6.58. The molecule has 2 amide bonds. The molecule has 266 valence electrons. The van der Waals surface area contributed by atoms with Crippen LogP contribution in [0.5, 0.6) is 0 Å². The summed E-state index contributed by atoms with van der Waals surface area (Å²) in [5.74, 6) is -3.72. The van der Waals surface area contributed by atoms with Crippen LogP contribution in [0.3, 0.4) is 0 Å². The fraction of sp³-hybridized carbons (Fsp3) is 0.471. The van der Waals surface area contributed by atoms with E-state index in [9.17, 15) is 35.9 Å². The lowest BCUT2D eigenvalue weighted by atomic mass is 9.86. The van der Waals surface area contributed by atoms with Crippen molar-refractivity contribution in [3.8, 4) is 0 Å². The molecule has 15 heteroatoms. The summed E-state index contributed by atoms with van der Waals surface area (Å²) < 4.78 is 74.7. The van der Waals surface area contributed by atoms with Gasteiger partial charge in [-0.15, -0.1) is 0 Å². The Balaban J connectivity index is 0.000000698. The lowest BCUT2D eigenvalue weighted by Gasteiger charge is -2.54. The van der Waals surface area contributed by atoms with Gasteiger partial charge in [0.25, 0.3) is 5.91 Å². The summed E-state index contributed by atoms with van der Waals surface area (Å²) in [5, 5.41) is 7.12. The van der Waals surface area contributed by atoms with Crippen LogP contribution in [0, 0.1) is 5.92 Å². The Kier molecular flexibility index (Phi) is 10.7. The number of nitrogens with zero attached hydrogens (tertiary/aromatic N) is 5. The van der Waals surface area contributed by atoms with Crippen molar-refractivity contribution in [2.45, 2.75) is 84.1 Å². The van der Waals surface area contributed by atoms with Crippen molar-refractivity contribution in [3.05, 3.63) is 83.4 Å². The van der Waals surface area contributed by atoms with E-state index in [-0.39, 0.29) is 29.3 Å². The number of aliphatic carboxylic acids is 1. The Hall–Kier alpha value is -4.56. The van der Waals surface area contributed by atoms with Gasteiger partial charge in [-0.1, -0.05) is 58.9 Å². The van der Waals surface area contributed by atoms with Gasteiger partial charge >= 0.3 is 18.3 Å². The molecular formula is C34H39F6N5O4. The van der Waals surface area contributed by atoms with Gasteiger partial charge in [-0.05, 0) is 47.1 Å². The summed E-state index contributed by atoms with van der Waals surface area (Å²) in [5.41, 5.74) is 1.74. The first kappa shape index (κ1) is 37.3. The number of aryl methyl sites for hydroxylation is 1. The largest absolute Gasteiger partial charge is 0.490 e. The number of carboxylic acids is 1. The van der Waals surface area contributed by atoms with Crippen LogP contribution in [0.25, 0.3) is 0 Å². The quantitative estimate of drug-likeness (QED) is 0.281. The number of halogens is 6. The van der Waals surface area contributed by atoms with Crippen LogP contribution < -0.4 is 4.90 Å². The molecule has 2 atom stereocenters. The number of hydrogen-bond donors (Lipinski definition) is 1. The van der Waals surface area contributed by atoms with E-state index in [1.807, 2.05) is 41.6 Å². The third kappa shape index (κ3) is 8.54. The number of piperazine rings is 1. The average molecular weight is 696 g/mol. The second-order valence-electron chi connectivity index (χ2n) is 13.4. The van der Waals surface area contributed by atoms with Gasteiger partial charge in [-0.25, -0.2) is 9.78 Å². The average Bonchev–Trinajstić information content (AvgIpc) is 3.52. The number of alkyl halides is 6. The minimum atomic E-state index is -5.08. The lowest BCUT2D eigenvalue weighted by Crippen LogP contribution is -2.71. The summed E-state index contributed by atoms with van der Waals surface area (Å²) >= 11 is 0. The van der Waals surface area contributed by atoms with Gasteiger partial charge in [-0.2, -0.15) is 26.3 Å². The summed E-state index contributed by atoms with van der Waals surface area (Å²) in [4.78, 5) is 46.2. The molecule has 0 bridgehead atoms. The number of amides is 2. The van der Waals surface area contributed by atoms with E-state index >= 15 is 0 Å². The van der Waals surface area contributed by atoms with E-state index in [1.165, 1.54) is 16.5 Å². The van der Waals surface area contributed by atoms with E-state index in [0.29, 0.717) is 31.7 Å². The van der Waals surface area contributed by atoms with Crippen molar-refractivity contribution in [1.82, 2.24) is 19.4 Å². The van der Waals surface area contributed by atoms with E-state index in [1.54, 1.807) is 17.4 Å². The summed E-state index contributed by atoms with van der Waals surface area (Å²) in [6.07, 6.45) is -4.24. The fourth-order valence-electron chi connectivity index (χ4n) is 6.00. The van der Waals surface area contributed by atoms with Gasteiger partial charge in [-0.3, -0.25) is 9.59 Å². The van der Waals surface area contributed by atoms with Crippen molar-refractivity contribution in [2.24, 2.45) is 5.92 Å². The maximum atomic E-state index is 13.9. The Morgan fingerprint density at radius 3 is 2.08 bits per heavy atom. The Morgan fingerprint density at radius 2 is 1.57 bits per heavy atom. The minimum absolute atomic E-state index is 0.00174. The molecule has 5 rings (SSSR count). The molecule has 1 N–H and O–H groups in total. The number of benzene rings is 2. The van der Waals surface area contributed by atoms with Crippen LogP contribution >= 0.6 is 0 Å². The number of carbonyl (C=O) groups is 3. The summed E-state index contributed by atoms with van der Waals surface area (Å²) in [6, 6.07) is 10.8. The molecule has 0 radical (unpaired) electrons. The van der Waals surface area contributed by atoms with Gasteiger partial charge in [0.2, 0.25) is 5.91 Å². The summed E-state index contributed by atoms with van der Waals surface area (Å²) in [7, 11) is 0. The van der Waals surface area contributed by atoms with Crippen LogP contribution in [0.1, 0.15) is 68.1 Å². The van der Waals surface area contributed by atoms with Crippen LogP contribution in [-0.4, -0.2) is 73.7 Å². The highest BCUT2D eigenvalue weighted by molar-refractivity contribution is 6.05. The van der Waals surface area contributed by atoms with E-state index in [2.05, 4.69) is 37.9 Å². The smallest absolute Gasteiger partial charge is 0.475 e. The van der Waals surface area contributed by atoms with Gasteiger partial charge in [0.1, 0.15) is 12.2 Å². The number of carboxylic acid groups (broad SMARTS) is 1. The molecule has 1 saturated heterocycles. The van der Waals surface area contributed by atoms with Crippen molar-refractivity contribution in [1.29, 1.82) is 0 Å². The predicted molar refractivity (Wildman–Crippen MR) is 168 cm³/mol. The number of hydrogen-bond acceptors (Lipinski definition) is 5. The SMILES string of the molecule is CC(C)[C@H]1C(=O)N(Cc2ccc(C(C)(C)C)cc2)CC2N(CCCn3ccnc3)c3ccc(C(F)(F)F)cc3C(=O)N21.O=C(O)C(F)(F)F. The Morgan fingerprint density at radius 1 is 0.959 bits per heavy atom. The molecule has 3 heterocycles. The minimum Gasteiger partial charge on any atom is -0.475 e. The molecular weight excluding hydrogens is 656 g/mol. The molecule has 0 spiro atoms. The molecule has 2 aromatic carbocycles. The molecule has 2 aliphatic heterocycles. The Labute approximate surface area is 280 Å². The first-order valence-corrected chi connectivity index (χ1v) is 15.6. The molecule has 9 nitrogen and oxygen atoms in total. The molecule has 1 fully saturated rings. The topological polar surface area (TPSA) is 99.0 Å². The van der Waals surface area contributed by atoms with Gasteiger partial charge < -0.3 is 24.4 Å². The number of imidazole rings is 1. The zero-order chi connectivity index (χ0) is 36.5. The zero-order valence-corrected chi connectivity index (χ0v) is 27.7. The van der Waals surface area contributed by atoms with Crippen molar-refractivity contribution in [2.75, 3.05) is 18.0 Å². The third-order valence-corrected chi connectivity index (χ3v) is 8.47. The van der Waals surface area contributed by atoms with Crippen molar-refractivity contribution >= 4 is 23.5 Å².